The Bertz CT molecular complexity index is 1060. The van der Waals surface area contributed by atoms with Gasteiger partial charge < -0.3 is 19.5 Å². The molecule has 2 bridgehead atoms. The third kappa shape index (κ3) is 7.07. The second-order valence-electron chi connectivity index (χ2n) is 10.4. The molecule has 36 heavy (non-hydrogen) atoms. The quantitative estimate of drug-likeness (QED) is 0.460. The molecule has 2 unspecified atom stereocenters. The Labute approximate surface area is 211 Å². The van der Waals surface area contributed by atoms with Crippen molar-refractivity contribution in [3.8, 4) is 5.75 Å². The largest absolute Gasteiger partial charge is 0.459 e. The Balaban J connectivity index is 1.41. The Morgan fingerprint density at radius 1 is 1.00 bits per heavy atom. The molecule has 1 N–H and O–H groups in total. The summed E-state index contributed by atoms with van der Waals surface area (Å²) < 4.78 is 16.7. The van der Waals surface area contributed by atoms with Gasteiger partial charge in [-0.15, -0.1) is 0 Å². The van der Waals surface area contributed by atoms with Crippen LogP contribution in [0.5, 0.6) is 5.75 Å². The van der Waals surface area contributed by atoms with E-state index in [4.69, 9.17) is 14.2 Å². The van der Waals surface area contributed by atoms with Crippen molar-refractivity contribution in [2.75, 3.05) is 19.6 Å². The summed E-state index contributed by atoms with van der Waals surface area (Å²) in [4.78, 5) is 40.3. The van der Waals surface area contributed by atoms with E-state index in [1.165, 1.54) is 0 Å². The van der Waals surface area contributed by atoms with E-state index in [1.54, 1.807) is 69.3 Å². The molecule has 8 nitrogen and oxygen atoms in total. The number of hydrogen-bond donors (Lipinski definition) is 1. The number of benzene rings is 2. The number of rotatable bonds is 7. The number of hydrogen-bond acceptors (Lipinski definition) is 7. The molecule has 3 aliphatic heterocycles. The van der Waals surface area contributed by atoms with E-state index in [9.17, 15) is 14.4 Å². The van der Waals surface area contributed by atoms with Crippen molar-refractivity contribution in [2.45, 2.75) is 57.8 Å². The molecule has 5 rings (SSSR count). The molecule has 2 atom stereocenters. The topological polar surface area (TPSA) is 94.2 Å². The van der Waals surface area contributed by atoms with Gasteiger partial charge in [-0.2, -0.15) is 0 Å². The van der Waals surface area contributed by atoms with Gasteiger partial charge in [-0.25, -0.2) is 14.4 Å². The molecular weight excluding hydrogens is 460 g/mol. The van der Waals surface area contributed by atoms with Crippen molar-refractivity contribution in [1.82, 2.24) is 10.2 Å². The summed E-state index contributed by atoms with van der Waals surface area (Å²) in [5, 5.41) is 2.69. The standard InChI is InChI=1S/C28H34N2O6/c1-28(2,3)36-27(33)29-23(26(32)35-24-18-30-15-13-20(24)14-16-30)17-19-9-11-22(12-10-19)34-25(31)21-7-5-4-6-8-21/h4-12,20,23-24H,13-18H2,1-3H3,(H,29,33). The monoisotopic (exact) mass is 494 g/mol. The minimum atomic E-state index is -0.909. The van der Waals surface area contributed by atoms with Crippen LogP contribution in [0.15, 0.2) is 54.6 Å². The SMILES string of the molecule is CC(C)(C)OC(=O)NC(Cc1ccc(OC(=O)c2ccccc2)cc1)C(=O)OC1CN2CCC1CC2. The normalized spacial score (nSPS) is 21.8. The van der Waals surface area contributed by atoms with E-state index in [0.29, 0.717) is 17.2 Å². The smallest absolute Gasteiger partial charge is 0.408 e. The van der Waals surface area contributed by atoms with Crippen LogP contribution in [0.2, 0.25) is 0 Å². The maximum absolute atomic E-state index is 13.2. The fraction of sp³-hybridized carbons (Fsp3) is 0.464. The van der Waals surface area contributed by atoms with Gasteiger partial charge in [-0.3, -0.25) is 4.90 Å². The van der Waals surface area contributed by atoms with E-state index in [1.807, 2.05) is 6.07 Å². The van der Waals surface area contributed by atoms with E-state index >= 15 is 0 Å². The first-order valence-corrected chi connectivity index (χ1v) is 12.4. The summed E-state index contributed by atoms with van der Waals surface area (Å²) in [6, 6.07) is 14.7. The molecule has 3 heterocycles. The number of nitrogens with zero attached hydrogens (tertiary/aromatic N) is 1. The molecule has 1 amide bonds. The van der Waals surface area contributed by atoms with Crippen LogP contribution in [0.25, 0.3) is 0 Å². The molecule has 0 saturated carbocycles. The van der Waals surface area contributed by atoms with Crippen molar-refractivity contribution in [2.24, 2.45) is 5.92 Å². The van der Waals surface area contributed by atoms with Crippen LogP contribution >= 0.6 is 0 Å². The number of piperidine rings is 3. The molecule has 2 aromatic rings. The average molecular weight is 495 g/mol. The van der Waals surface area contributed by atoms with Gasteiger partial charge in [0.25, 0.3) is 0 Å². The number of ether oxygens (including phenoxy) is 3. The first kappa shape index (κ1) is 25.7. The molecule has 3 fully saturated rings. The molecule has 0 aliphatic carbocycles. The minimum Gasteiger partial charge on any atom is -0.459 e. The molecule has 0 radical (unpaired) electrons. The van der Waals surface area contributed by atoms with E-state index in [-0.39, 0.29) is 12.5 Å². The number of carbonyl (C=O) groups excluding carboxylic acids is 3. The Kier molecular flexibility index (Phi) is 7.94. The second-order valence-corrected chi connectivity index (χ2v) is 10.4. The highest BCUT2D eigenvalue weighted by Crippen LogP contribution is 2.30. The van der Waals surface area contributed by atoms with Gasteiger partial charge in [0.05, 0.1) is 5.56 Å². The Morgan fingerprint density at radius 2 is 1.67 bits per heavy atom. The van der Waals surface area contributed by atoms with Crippen LogP contribution in [-0.4, -0.2) is 60.3 Å². The van der Waals surface area contributed by atoms with Crippen molar-refractivity contribution in [3.05, 3.63) is 65.7 Å². The van der Waals surface area contributed by atoms with Gasteiger partial charge in [0.2, 0.25) is 0 Å². The van der Waals surface area contributed by atoms with E-state index in [2.05, 4.69) is 10.2 Å². The van der Waals surface area contributed by atoms with E-state index < -0.39 is 29.7 Å². The fourth-order valence-corrected chi connectivity index (χ4v) is 4.59. The highest BCUT2D eigenvalue weighted by atomic mass is 16.6. The predicted octanol–water partition coefficient (Wildman–Crippen LogP) is 3.98. The van der Waals surface area contributed by atoms with Gasteiger partial charge in [0, 0.05) is 13.0 Å². The molecule has 192 valence electrons. The molecule has 8 heteroatoms. The maximum atomic E-state index is 13.2. The predicted molar refractivity (Wildman–Crippen MR) is 134 cm³/mol. The molecule has 3 saturated heterocycles. The Hall–Kier alpha value is -3.39. The summed E-state index contributed by atoms with van der Waals surface area (Å²) in [6.45, 7) is 8.11. The van der Waals surface area contributed by atoms with Crippen molar-refractivity contribution < 1.29 is 28.6 Å². The summed E-state index contributed by atoms with van der Waals surface area (Å²) in [5.74, 6) is -0.174. The highest BCUT2D eigenvalue weighted by molar-refractivity contribution is 5.91. The highest BCUT2D eigenvalue weighted by Gasteiger charge is 2.38. The molecule has 2 aromatic carbocycles. The molecule has 0 spiro atoms. The summed E-state index contributed by atoms with van der Waals surface area (Å²) in [6.07, 6.45) is 1.41. The summed E-state index contributed by atoms with van der Waals surface area (Å²) in [7, 11) is 0. The lowest BCUT2D eigenvalue weighted by atomic mass is 9.86. The van der Waals surface area contributed by atoms with Crippen LogP contribution in [0, 0.1) is 5.92 Å². The number of amides is 1. The first-order chi connectivity index (χ1) is 17.2. The third-order valence-corrected chi connectivity index (χ3v) is 6.42. The molecule has 0 aromatic heterocycles. The van der Waals surface area contributed by atoms with Crippen molar-refractivity contribution in [1.29, 1.82) is 0 Å². The zero-order valence-electron chi connectivity index (χ0n) is 21.1. The van der Waals surface area contributed by atoms with Gasteiger partial charge in [0.1, 0.15) is 23.5 Å². The number of fused-ring (bicyclic) bond motifs is 3. The molecular formula is C28H34N2O6. The van der Waals surface area contributed by atoms with Gasteiger partial charge in [-0.05, 0) is 82.4 Å². The van der Waals surface area contributed by atoms with Crippen LogP contribution in [0.4, 0.5) is 4.79 Å². The van der Waals surface area contributed by atoms with Crippen LogP contribution in [0.3, 0.4) is 0 Å². The number of nitrogens with one attached hydrogen (secondary N) is 1. The van der Waals surface area contributed by atoms with Gasteiger partial charge >= 0.3 is 18.0 Å². The zero-order valence-corrected chi connectivity index (χ0v) is 21.1. The minimum absolute atomic E-state index is 0.164. The van der Waals surface area contributed by atoms with Crippen LogP contribution < -0.4 is 10.1 Å². The summed E-state index contributed by atoms with van der Waals surface area (Å²) in [5.41, 5.74) is 0.540. The number of alkyl carbamates (subject to hydrolysis) is 1. The molecule has 3 aliphatic rings. The van der Waals surface area contributed by atoms with E-state index in [0.717, 1.165) is 38.0 Å². The lowest BCUT2D eigenvalue weighted by Gasteiger charge is -2.44. The number of esters is 2. The lowest BCUT2D eigenvalue weighted by molar-refractivity contribution is -0.161. The number of carbonyl (C=O) groups is 3. The Morgan fingerprint density at radius 3 is 2.25 bits per heavy atom. The second kappa shape index (κ2) is 11.1. The lowest BCUT2D eigenvalue weighted by Crippen LogP contribution is -2.54. The fourth-order valence-electron chi connectivity index (χ4n) is 4.59. The van der Waals surface area contributed by atoms with Crippen LogP contribution in [0.1, 0.15) is 49.5 Å². The third-order valence-electron chi connectivity index (χ3n) is 6.42. The first-order valence-electron chi connectivity index (χ1n) is 12.4. The van der Waals surface area contributed by atoms with Crippen molar-refractivity contribution in [3.63, 3.8) is 0 Å². The summed E-state index contributed by atoms with van der Waals surface area (Å²) >= 11 is 0. The van der Waals surface area contributed by atoms with Gasteiger partial charge in [0.15, 0.2) is 0 Å². The van der Waals surface area contributed by atoms with Crippen molar-refractivity contribution >= 4 is 18.0 Å². The van der Waals surface area contributed by atoms with Crippen LogP contribution in [-0.2, 0) is 20.7 Å². The average Bonchev–Trinajstić information content (AvgIpc) is 2.85. The van der Waals surface area contributed by atoms with Gasteiger partial charge in [-0.1, -0.05) is 30.3 Å². The zero-order chi connectivity index (χ0) is 25.7. The maximum Gasteiger partial charge on any atom is 0.408 e.